The molecule has 4 aromatic carbocycles. The summed E-state index contributed by atoms with van der Waals surface area (Å²) in [6.45, 7) is 14.0. The number of ether oxygens (including phenoxy) is 1. The zero-order chi connectivity index (χ0) is 61.7. The molecule has 4 N–H and O–H groups in total. The molecule has 0 saturated carbocycles. The maximum Gasteiger partial charge on any atom is 0.293 e. The molecule has 464 valence electrons. The fourth-order valence-electron chi connectivity index (χ4n) is 13.0. The van der Waals surface area contributed by atoms with Crippen LogP contribution in [0.5, 0.6) is 11.5 Å². The van der Waals surface area contributed by atoms with Crippen LogP contribution in [0.4, 0.5) is 17.1 Å². The third-order valence-corrected chi connectivity index (χ3v) is 19.9. The molecule has 11 rings (SSSR count). The van der Waals surface area contributed by atoms with Gasteiger partial charge in [0.25, 0.3) is 27.5 Å². The van der Waals surface area contributed by atoms with Gasteiger partial charge in [-0.3, -0.25) is 39.5 Å². The van der Waals surface area contributed by atoms with Crippen LogP contribution < -0.4 is 25.0 Å². The number of pyridine rings is 1. The van der Waals surface area contributed by atoms with Gasteiger partial charge in [0.05, 0.1) is 21.6 Å². The zero-order valence-corrected chi connectivity index (χ0v) is 51.9. The minimum absolute atomic E-state index is 0.0481. The number of fused-ring (bicyclic) bond motifs is 2. The third-order valence-electron chi connectivity index (χ3n) is 18.3. The van der Waals surface area contributed by atoms with E-state index in [-0.39, 0.29) is 46.6 Å². The molecule has 6 aromatic rings. The number of likely N-dealkylation sites (N-methyl/N-ethyl adjacent to an activating group) is 1. The van der Waals surface area contributed by atoms with Crippen molar-refractivity contribution >= 4 is 78.9 Å². The van der Waals surface area contributed by atoms with Crippen molar-refractivity contribution in [3.63, 3.8) is 0 Å². The number of amides is 4. The highest BCUT2D eigenvalue weighted by Crippen LogP contribution is 2.44. The van der Waals surface area contributed by atoms with Crippen molar-refractivity contribution in [1.29, 1.82) is 0 Å². The van der Waals surface area contributed by atoms with Gasteiger partial charge in [0, 0.05) is 105 Å². The Morgan fingerprint density at radius 1 is 0.898 bits per heavy atom. The highest BCUT2D eigenvalue weighted by molar-refractivity contribution is 7.90. The SMILES string of the molecule is CN(CCCCCc1cccc2c1CN(C1CCC(=O)NC1=O)C2=O)CCN1CCC(CNc2ccc(S(=O)(=O)NC(=O)c3ccc(N4CCN(CC5=C(c6ccc(Cl)cc6)CC(C)(C)CC5)CC4)cc3Oc3cnc4[nH]ccc4c3)cc2[N+](=O)[O-])CC1. The van der Waals surface area contributed by atoms with Crippen LogP contribution in [-0.4, -0.2) is 152 Å². The molecule has 1 aliphatic carbocycles. The number of likely N-dealkylation sites (tertiary alicyclic amines) is 1. The van der Waals surface area contributed by atoms with Crippen LogP contribution in [-0.2, 0) is 32.6 Å². The van der Waals surface area contributed by atoms with Crippen molar-refractivity contribution in [2.45, 2.75) is 102 Å². The molecule has 5 aliphatic rings. The molecule has 2 aromatic heterocycles. The van der Waals surface area contributed by atoms with E-state index < -0.39 is 43.4 Å². The van der Waals surface area contributed by atoms with E-state index in [0.717, 1.165) is 143 Å². The van der Waals surface area contributed by atoms with Crippen LogP contribution in [0.25, 0.3) is 16.6 Å². The van der Waals surface area contributed by atoms with Crippen molar-refractivity contribution < 1.29 is 37.3 Å². The molecule has 88 heavy (non-hydrogen) atoms. The van der Waals surface area contributed by atoms with Gasteiger partial charge in [-0.2, -0.15) is 0 Å². The summed E-state index contributed by atoms with van der Waals surface area (Å²) < 4.78 is 36.5. The Bertz CT molecular complexity index is 3740. The first-order valence-electron chi connectivity index (χ1n) is 30.8. The summed E-state index contributed by atoms with van der Waals surface area (Å²) >= 11 is 6.28. The summed E-state index contributed by atoms with van der Waals surface area (Å²) in [6, 6.07) is 25.7. The predicted molar refractivity (Wildman–Crippen MR) is 340 cm³/mol. The molecule has 20 nitrogen and oxygen atoms in total. The number of aromatic nitrogens is 2. The molecule has 22 heteroatoms. The highest BCUT2D eigenvalue weighted by Gasteiger charge is 2.40. The summed E-state index contributed by atoms with van der Waals surface area (Å²) in [4.78, 5) is 81.8. The number of allylic oxidation sites excluding steroid dienone is 1. The maximum absolute atomic E-state index is 14.2. The van der Waals surface area contributed by atoms with E-state index >= 15 is 0 Å². The normalized spacial score (nSPS) is 18.7. The molecular formula is C66H78ClN11O9S. The molecular weight excluding hydrogens is 1160 g/mol. The Morgan fingerprint density at radius 3 is 2.47 bits per heavy atom. The number of piperidine rings is 2. The summed E-state index contributed by atoms with van der Waals surface area (Å²) in [6.07, 6.45) is 12.7. The van der Waals surface area contributed by atoms with E-state index in [0.29, 0.717) is 49.6 Å². The Hall–Kier alpha value is -7.69. The molecule has 3 saturated heterocycles. The number of carbonyl (C=O) groups excluding carboxylic acids is 4. The number of carbonyl (C=O) groups is 4. The first-order valence-corrected chi connectivity index (χ1v) is 32.6. The van der Waals surface area contributed by atoms with E-state index in [1.165, 1.54) is 35.0 Å². The monoisotopic (exact) mass is 1240 g/mol. The Balaban J connectivity index is 0.652. The maximum atomic E-state index is 14.2. The number of piperazine rings is 1. The van der Waals surface area contributed by atoms with Crippen LogP contribution >= 0.6 is 11.6 Å². The molecule has 0 spiro atoms. The lowest BCUT2D eigenvalue weighted by Gasteiger charge is -2.39. The lowest BCUT2D eigenvalue weighted by Crippen LogP contribution is -2.52. The summed E-state index contributed by atoms with van der Waals surface area (Å²) in [5.74, 6) is -1.10. The Kier molecular flexibility index (Phi) is 19.0. The van der Waals surface area contributed by atoms with Gasteiger partial charge < -0.3 is 34.6 Å². The highest BCUT2D eigenvalue weighted by atomic mass is 35.5. The number of rotatable bonds is 23. The number of benzene rings is 4. The fraction of sp³-hybridized carbons (Fsp3) is 0.439. The molecule has 1 unspecified atom stereocenters. The topological polar surface area (TPSA) is 236 Å². The van der Waals surface area contributed by atoms with E-state index in [2.05, 4.69) is 84.0 Å². The number of nitrogens with one attached hydrogen (secondary N) is 4. The molecule has 0 radical (unpaired) electrons. The van der Waals surface area contributed by atoms with Gasteiger partial charge in [-0.05, 0) is 173 Å². The number of sulfonamides is 1. The first kappa shape index (κ1) is 61.9. The van der Waals surface area contributed by atoms with Gasteiger partial charge in [-0.25, -0.2) is 18.1 Å². The van der Waals surface area contributed by atoms with E-state index in [1.807, 2.05) is 30.3 Å². The lowest BCUT2D eigenvalue weighted by molar-refractivity contribution is -0.384. The first-order chi connectivity index (χ1) is 42.3. The Labute approximate surface area is 519 Å². The molecule has 1 atom stereocenters. The fourth-order valence-corrected chi connectivity index (χ4v) is 14.2. The van der Waals surface area contributed by atoms with Crippen molar-refractivity contribution in [3.05, 3.63) is 152 Å². The van der Waals surface area contributed by atoms with Crippen LogP contribution in [0, 0.1) is 21.4 Å². The summed E-state index contributed by atoms with van der Waals surface area (Å²) in [5, 5.41) is 19.6. The number of aromatic amines is 1. The average molecular weight is 1240 g/mol. The predicted octanol–water partition coefficient (Wildman–Crippen LogP) is 10.1. The summed E-state index contributed by atoms with van der Waals surface area (Å²) in [5.41, 5.74) is 8.24. The number of unbranched alkanes of at least 4 members (excludes halogenated alkanes) is 2. The smallest absolute Gasteiger partial charge is 0.293 e. The van der Waals surface area contributed by atoms with Crippen LogP contribution in [0.1, 0.15) is 115 Å². The number of H-pyrrole nitrogens is 1. The van der Waals surface area contributed by atoms with Crippen LogP contribution in [0.15, 0.2) is 114 Å². The number of nitro groups is 1. The lowest BCUT2D eigenvalue weighted by atomic mass is 9.72. The number of imide groups is 1. The number of hydrogen-bond donors (Lipinski definition) is 4. The average Bonchev–Trinajstić information content (AvgIpc) is 2.15. The standard InChI is InChI=1S/C66H78ClN11O9S/c1-66(2)25-21-48(55(39-66)46-11-13-49(67)14-12-46)42-75-32-34-76(35-33-75)50-15-17-54(60(37-50)87-51-36-47-22-26-68-62(47)70-41-51)63(80)72-88(85,86)52-16-18-57(59(38-52)78(83)84)69-40-44-23-28-74(29-24-44)31-30-73(3)27-6-4-5-8-45-9-7-10-53-56(45)43-77(65(53)82)58-19-20-61(79)71-64(58)81/h7,9-18,22,26,36-38,41,44,58,69H,4-6,8,19-21,23-25,27-35,39-40,42-43H2,1-3H3,(H,68,70)(H,72,80)(H,71,79,81). The second-order valence-corrected chi connectivity index (χ2v) is 27.2. The van der Waals surface area contributed by atoms with Crippen molar-refractivity contribution in [1.82, 2.24) is 39.6 Å². The second-order valence-electron chi connectivity index (χ2n) is 25.1. The molecule has 4 aliphatic heterocycles. The van der Waals surface area contributed by atoms with Crippen molar-refractivity contribution in [3.8, 4) is 11.5 Å². The third kappa shape index (κ3) is 14.7. The van der Waals surface area contributed by atoms with E-state index in [9.17, 15) is 37.7 Å². The molecule has 0 bridgehead atoms. The molecule has 6 heterocycles. The number of nitrogens with zero attached hydrogens (tertiary/aromatic N) is 7. The Morgan fingerprint density at radius 2 is 1.69 bits per heavy atom. The number of hydrogen-bond acceptors (Lipinski definition) is 15. The van der Waals surface area contributed by atoms with Crippen LogP contribution in [0.3, 0.4) is 0 Å². The zero-order valence-electron chi connectivity index (χ0n) is 50.3. The van der Waals surface area contributed by atoms with Crippen LogP contribution in [0.2, 0.25) is 5.02 Å². The number of halogens is 1. The van der Waals surface area contributed by atoms with Gasteiger partial charge in [-0.1, -0.05) is 61.7 Å². The molecule has 3 fully saturated rings. The quantitative estimate of drug-likeness (QED) is 0.0202. The number of aryl methyl sites for hydroxylation is 1. The van der Waals surface area contributed by atoms with Crippen molar-refractivity contribution in [2.75, 3.05) is 89.3 Å². The largest absolute Gasteiger partial charge is 0.455 e. The van der Waals surface area contributed by atoms with Gasteiger partial charge in [0.2, 0.25) is 11.8 Å². The molecule has 4 amide bonds. The number of nitro benzene ring substituents is 1. The summed E-state index contributed by atoms with van der Waals surface area (Å²) in [7, 11) is -2.48. The minimum Gasteiger partial charge on any atom is -0.455 e. The van der Waals surface area contributed by atoms with Crippen molar-refractivity contribution in [2.24, 2.45) is 11.3 Å². The van der Waals surface area contributed by atoms with E-state index in [1.54, 1.807) is 35.4 Å². The van der Waals surface area contributed by atoms with Gasteiger partial charge >= 0.3 is 0 Å². The van der Waals surface area contributed by atoms with Gasteiger partial charge in [-0.15, -0.1) is 0 Å². The minimum atomic E-state index is -4.62. The number of anilines is 2. The van der Waals surface area contributed by atoms with Gasteiger partial charge in [0.1, 0.15) is 28.9 Å². The van der Waals surface area contributed by atoms with Gasteiger partial charge in [0.15, 0.2) is 0 Å². The second kappa shape index (κ2) is 27.0. The van der Waals surface area contributed by atoms with E-state index in [4.69, 9.17) is 16.3 Å².